The average molecular weight is 390 g/mol. The van der Waals surface area contributed by atoms with Crippen LogP contribution in [0.4, 0.5) is 0 Å². The molecule has 0 saturated carbocycles. The number of rotatable bonds is 7. The first-order valence-electron chi connectivity index (χ1n) is 8.58. The maximum absolute atomic E-state index is 12.4. The van der Waals surface area contributed by atoms with Gasteiger partial charge in [0, 0.05) is 25.2 Å². The third-order valence-corrected chi connectivity index (χ3v) is 6.47. The Morgan fingerprint density at radius 1 is 1.24 bits per heavy atom. The fourth-order valence-corrected chi connectivity index (χ4v) is 4.39. The van der Waals surface area contributed by atoms with Gasteiger partial charge in [-0.3, -0.25) is 4.79 Å². The first kappa shape index (κ1) is 21.9. The zero-order valence-electron chi connectivity index (χ0n) is 14.8. The van der Waals surface area contributed by atoms with Crippen molar-refractivity contribution in [2.45, 2.75) is 31.6 Å². The fraction of sp³-hybridized carbons (Fsp3) is 0.588. The minimum Gasteiger partial charge on any atom is -0.352 e. The molecule has 8 heteroatoms. The normalized spacial score (nSPS) is 17.8. The monoisotopic (exact) mass is 389 g/mol. The molecule has 1 unspecified atom stereocenters. The Bertz CT molecular complexity index is 640. The molecule has 142 valence electrons. The first-order chi connectivity index (χ1) is 11.5. The second kappa shape index (κ2) is 10.1. The van der Waals surface area contributed by atoms with Crippen LogP contribution in [0.25, 0.3) is 0 Å². The SMILES string of the molecule is CCN(CC)S(=O)(=O)c1ccc(C(=O)NCC2CCCNC2)cc1.Cl. The highest BCUT2D eigenvalue weighted by molar-refractivity contribution is 7.89. The van der Waals surface area contributed by atoms with Crippen LogP contribution in [0.1, 0.15) is 37.0 Å². The van der Waals surface area contributed by atoms with Crippen LogP contribution in [-0.2, 0) is 10.0 Å². The number of nitrogens with one attached hydrogen (secondary N) is 2. The third-order valence-electron chi connectivity index (χ3n) is 4.41. The lowest BCUT2D eigenvalue weighted by molar-refractivity contribution is 0.0944. The molecule has 1 heterocycles. The number of amides is 1. The van der Waals surface area contributed by atoms with Crippen LogP contribution in [0.2, 0.25) is 0 Å². The third kappa shape index (κ3) is 5.67. The molecule has 0 aromatic heterocycles. The Kier molecular flexibility index (Phi) is 8.85. The summed E-state index contributed by atoms with van der Waals surface area (Å²) in [5.41, 5.74) is 0.484. The molecule has 1 atom stereocenters. The number of benzene rings is 1. The maximum Gasteiger partial charge on any atom is 0.251 e. The number of piperidine rings is 1. The Hall–Kier alpha value is -1.15. The molecule has 1 fully saturated rings. The van der Waals surface area contributed by atoms with E-state index in [1.165, 1.54) is 16.4 Å². The van der Waals surface area contributed by atoms with Gasteiger partial charge in [-0.15, -0.1) is 12.4 Å². The van der Waals surface area contributed by atoms with E-state index in [1.807, 2.05) is 13.8 Å². The van der Waals surface area contributed by atoms with Gasteiger partial charge in [-0.05, 0) is 56.1 Å². The molecule has 0 radical (unpaired) electrons. The van der Waals surface area contributed by atoms with Crippen LogP contribution < -0.4 is 10.6 Å². The molecule has 6 nitrogen and oxygen atoms in total. The van der Waals surface area contributed by atoms with Gasteiger partial charge in [-0.2, -0.15) is 4.31 Å². The van der Waals surface area contributed by atoms with Crippen molar-refractivity contribution >= 4 is 28.3 Å². The molecule has 1 aliphatic heterocycles. The van der Waals surface area contributed by atoms with E-state index in [0.29, 0.717) is 31.1 Å². The Morgan fingerprint density at radius 2 is 1.88 bits per heavy atom. The summed E-state index contributed by atoms with van der Waals surface area (Å²) < 4.78 is 26.3. The summed E-state index contributed by atoms with van der Waals surface area (Å²) in [6.45, 7) is 7.10. The summed E-state index contributed by atoms with van der Waals surface area (Å²) in [6, 6.07) is 6.16. The quantitative estimate of drug-likeness (QED) is 0.746. The molecule has 25 heavy (non-hydrogen) atoms. The number of carbonyl (C=O) groups excluding carboxylic acids is 1. The smallest absolute Gasteiger partial charge is 0.251 e. The molecule has 2 N–H and O–H groups in total. The molecule has 0 spiro atoms. The van der Waals surface area contributed by atoms with Crippen molar-refractivity contribution in [2.24, 2.45) is 5.92 Å². The number of carbonyl (C=O) groups is 1. The van der Waals surface area contributed by atoms with Gasteiger partial charge in [0.1, 0.15) is 0 Å². The topological polar surface area (TPSA) is 78.5 Å². The minimum atomic E-state index is -3.48. The van der Waals surface area contributed by atoms with Gasteiger partial charge >= 0.3 is 0 Å². The lowest BCUT2D eigenvalue weighted by atomic mass is 10.00. The van der Waals surface area contributed by atoms with Gasteiger partial charge in [0.2, 0.25) is 10.0 Å². The summed E-state index contributed by atoms with van der Waals surface area (Å²) in [5.74, 6) is 0.303. The van der Waals surface area contributed by atoms with Crippen molar-refractivity contribution < 1.29 is 13.2 Å². The van der Waals surface area contributed by atoms with Crippen molar-refractivity contribution in [3.8, 4) is 0 Å². The molecule has 1 saturated heterocycles. The first-order valence-corrected chi connectivity index (χ1v) is 10.0. The van der Waals surface area contributed by atoms with Crippen molar-refractivity contribution in [1.82, 2.24) is 14.9 Å². The molecule has 2 rings (SSSR count). The maximum atomic E-state index is 12.4. The van der Waals surface area contributed by atoms with Crippen LogP contribution in [0.15, 0.2) is 29.2 Å². The molecule has 0 bridgehead atoms. The Balaban J connectivity index is 0.00000312. The van der Waals surface area contributed by atoms with Crippen LogP contribution in [0.3, 0.4) is 0 Å². The van der Waals surface area contributed by atoms with Gasteiger partial charge < -0.3 is 10.6 Å². The van der Waals surface area contributed by atoms with E-state index in [1.54, 1.807) is 12.1 Å². The fourth-order valence-electron chi connectivity index (χ4n) is 2.93. The summed E-state index contributed by atoms with van der Waals surface area (Å²) in [7, 11) is -3.48. The van der Waals surface area contributed by atoms with E-state index in [0.717, 1.165) is 25.9 Å². The standard InChI is InChI=1S/C17H27N3O3S.ClH/c1-3-20(4-2)24(22,23)16-9-7-15(8-10-16)17(21)19-13-14-6-5-11-18-12-14;/h7-10,14,18H,3-6,11-13H2,1-2H3,(H,19,21);1H. The highest BCUT2D eigenvalue weighted by atomic mass is 35.5. The molecule has 1 aromatic carbocycles. The van der Waals surface area contributed by atoms with E-state index < -0.39 is 10.0 Å². The molecule has 0 aliphatic carbocycles. The van der Waals surface area contributed by atoms with E-state index in [4.69, 9.17) is 0 Å². The number of sulfonamides is 1. The number of nitrogens with zero attached hydrogens (tertiary/aromatic N) is 1. The predicted molar refractivity (Wildman–Crippen MR) is 102 cm³/mol. The van der Waals surface area contributed by atoms with E-state index in [2.05, 4.69) is 10.6 Å². The second-order valence-electron chi connectivity index (χ2n) is 6.04. The zero-order chi connectivity index (χ0) is 17.6. The number of halogens is 1. The van der Waals surface area contributed by atoms with E-state index in [9.17, 15) is 13.2 Å². The van der Waals surface area contributed by atoms with Crippen molar-refractivity contribution in [1.29, 1.82) is 0 Å². The van der Waals surface area contributed by atoms with Gasteiger partial charge in [0.25, 0.3) is 5.91 Å². The van der Waals surface area contributed by atoms with E-state index in [-0.39, 0.29) is 23.2 Å². The molecule has 1 aromatic rings. The second-order valence-corrected chi connectivity index (χ2v) is 7.97. The molecule has 1 amide bonds. The van der Waals surface area contributed by atoms with Crippen LogP contribution in [0.5, 0.6) is 0 Å². The Labute approximate surface area is 156 Å². The molecular formula is C17H28ClN3O3S. The van der Waals surface area contributed by atoms with Crippen LogP contribution in [-0.4, -0.2) is 51.4 Å². The minimum absolute atomic E-state index is 0. The van der Waals surface area contributed by atoms with Gasteiger partial charge in [-0.25, -0.2) is 8.42 Å². The Morgan fingerprint density at radius 3 is 2.40 bits per heavy atom. The largest absolute Gasteiger partial charge is 0.352 e. The molecular weight excluding hydrogens is 362 g/mol. The van der Waals surface area contributed by atoms with Crippen LogP contribution >= 0.6 is 12.4 Å². The number of hydrogen-bond donors (Lipinski definition) is 2. The summed E-state index contributed by atoms with van der Waals surface area (Å²) in [5, 5.41) is 6.25. The highest BCUT2D eigenvalue weighted by Crippen LogP contribution is 2.16. The van der Waals surface area contributed by atoms with Gasteiger partial charge in [-0.1, -0.05) is 13.8 Å². The highest BCUT2D eigenvalue weighted by Gasteiger charge is 2.22. The van der Waals surface area contributed by atoms with Gasteiger partial charge in [0.15, 0.2) is 0 Å². The van der Waals surface area contributed by atoms with Crippen molar-refractivity contribution in [3.05, 3.63) is 29.8 Å². The summed E-state index contributed by atoms with van der Waals surface area (Å²) in [6.07, 6.45) is 2.26. The summed E-state index contributed by atoms with van der Waals surface area (Å²) in [4.78, 5) is 12.4. The zero-order valence-corrected chi connectivity index (χ0v) is 16.5. The van der Waals surface area contributed by atoms with E-state index >= 15 is 0 Å². The lowest BCUT2D eigenvalue weighted by Gasteiger charge is -2.22. The summed E-state index contributed by atoms with van der Waals surface area (Å²) >= 11 is 0. The number of hydrogen-bond acceptors (Lipinski definition) is 4. The van der Waals surface area contributed by atoms with Crippen molar-refractivity contribution in [3.63, 3.8) is 0 Å². The van der Waals surface area contributed by atoms with Gasteiger partial charge in [0.05, 0.1) is 4.90 Å². The van der Waals surface area contributed by atoms with Crippen LogP contribution in [0, 0.1) is 5.92 Å². The predicted octanol–water partition coefficient (Wildman–Crippen LogP) is 1.87. The van der Waals surface area contributed by atoms with Crippen molar-refractivity contribution in [2.75, 3.05) is 32.7 Å². The average Bonchev–Trinajstić information content (AvgIpc) is 2.61. The lowest BCUT2D eigenvalue weighted by Crippen LogP contribution is -2.38. The molecule has 1 aliphatic rings.